The van der Waals surface area contributed by atoms with E-state index in [0.29, 0.717) is 26.5 Å². The summed E-state index contributed by atoms with van der Waals surface area (Å²) in [6, 6.07) is 9.02. The molecule has 0 radical (unpaired) electrons. The van der Waals surface area contributed by atoms with Gasteiger partial charge in [0.25, 0.3) is 11.6 Å². The van der Waals surface area contributed by atoms with Crippen molar-refractivity contribution in [3.63, 3.8) is 0 Å². The molecule has 6 nitrogen and oxygen atoms in total. The highest BCUT2D eigenvalue weighted by molar-refractivity contribution is 6.35. The monoisotopic (exact) mass is 377 g/mol. The number of H-pyrrole nitrogens is 1. The molecule has 128 valence electrons. The summed E-state index contributed by atoms with van der Waals surface area (Å²) < 4.78 is 0. The first kappa shape index (κ1) is 17.3. The molecular weight excluding hydrogens is 365 g/mol. The van der Waals surface area contributed by atoms with E-state index in [-0.39, 0.29) is 17.6 Å². The van der Waals surface area contributed by atoms with Gasteiger partial charge in [-0.25, -0.2) is 0 Å². The summed E-state index contributed by atoms with van der Waals surface area (Å²) in [5, 5.41) is 15.2. The zero-order chi connectivity index (χ0) is 18.1. The quantitative estimate of drug-likeness (QED) is 0.501. The van der Waals surface area contributed by atoms with Crippen LogP contribution < -0.4 is 5.32 Å². The van der Waals surface area contributed by atoms with Crippen LogP contribution in [0.5, 0.6) is 0 Å². The van der Waals surface area contributed by atoms with Crippen LogP contribution in [0.2, 0.25) is 10.0 Å². The first-order chi connectivity index (χ1) is 11.9. The minimum atomic E-state index is -0.496. The fourth-order valence-electron chi connectivity index (χ4n) is 2.61. The first-order valence-corrected chi connectivity index (χ1v) is 8.13. The number of amides is 1. The van der Waals surface area contributed by atoms with Gasteiger partial charge in [-0.1, -0.05) is 29.3 Å². The number of carbonyl (C=O) groups is 1. The van der Waals surface area contributed by atoms with Crippen LogP contribution in [-0.4, -0.2) is 15.8 Å². The van der Waals surface area contributed by atoms with Crippen molar-refractivity contribution in [1.82, 2.24) is 10.3 Å². The lowest BCUT2D eigenvalue weighted by Gasteiger charge is -2.15. The van der Waals surface area contributed by atoms with E-state index < -0.39 is 4.92 Å². The van der Waals surface area contributed by atoms with Gasteiger partial charge in [0, 0.05) is 39.3 Å². The number of nitro groups is 1. The molecule has 1 aromatic heterocycles. The highest BCUT2D eigenvalue weighted by atomic mass is 35.5. The van der Waals surface area contributed by atoms with Crippen LogP contribution in [0.1, 0.15) is 28.9 Å². The van der Waals surface area contributed by atoms with Gasteiger partial charge in [-0.3, -0.25) is 14.9 Å². The molecule has 3 rings (SSSR count). The first-order valence-electron chi connectivity index (χ1n) is 7.38. The van der Waals surface area contributed by atoms with E-state index in [0.717, 1.165) is 5.56 Å². The standard InChI is InChI=1S/C17H13Cl2N3O3/c1-9(12-4-2-10(18)6-15(12)19)21-17(23)14-8-20-16-5-3-11(22(24)25)7-13(14)16/h2-9,20H,1H3,(H,21,23). The Labute approximate surface area is 152 Å². The topological polar surface area (TPSA) is 88.0 Å². The zero-order valence-corrected chi connectivity index (χ0v) is 14.6. The van der Waals surface area contributed by atoms with Crippen molar-refractivity contribution in [2.24, 2.45) is 0 Å². The average Bonchev–Trinajstić information content (AvgIpc) is 2.97. The van der Waals surface area contributed by atoms with Crippen LogP contribution >= 0.6 is 23.2 Å². The van der Waals surface area contributed by atoms with Gasteiger partial charge in [-0.15, -0.1) is 0 Å². The van der Waals surface area contributed by atoms with Crippen molar-refractivity contribution in [2.75, 3.05) is 0 Å². The normalized spacial score (nSPS) is 12.1. The third kappa shape index (κ3) is 3.45. The maximum absolute atomic E-state index is 12.6. The average molecular weight is 378 g/mol. The Hall–Kier alpha value is -2.57. The molecule has 0 fully saturated rings. The SMILES string of the molecule is CC(NC(=O)c1c[nH]c2ccc([N+](=O)[O-])cc12)c1ccc(Cl)cc1Cl. The van der Waals surface area contributed by atoms with Crippen molar-refractivity contribution in [2.45, 2.75) is 13.0 Å². The van der Waals surface area contributed by atoms with Crippen LogP contribution in [0.25, 0.3) is 10.9 Å². The summed E-state index contributed by atoms with van der Waals surface area (Å²) in [4.78, 5) is 26.0. The number of benzene rings is 2. The molecule has 0 spiro atoms. The minimum absolute atomic E-state index is 0.0741. The van der Waals surface area contributed by atoms with Gasteiger partial charge in [0.2, 0.25) is 0 Å². The Morgan fingerprint density at radius 2 is 2.00 bits per heavy atom. The van der Waals surface area contributed by atoms with E-state index in [4.69, 9.17) is 23.2 Å². The summed E-state index contributed by atoms with van der Waals surface area (Å²) >= 11 is 12.0. The molecule has 3 aromatic rings. The molecule has 1 atom stereocenters. The van der Waals surface area contributed by atoms with Gasteiger partial charge in [-0.05, 0) is 30.7 Å². The number of carbonyl (C=O) groups excluding carboxylic acids is 1. The number of non-ortho nitro benzene ring substituents is 1. The van der Waals surface area contributed by atoms with Crippen molar-refractivity contribution in [3.8, 4) is 0 Å². The summed E-state index contributed by atoms with van der Waals surface area (Å²) in [5.74, 6) is -0.356. The number of nitro benzene ring substituents is 1. The summed E-state index contributed by atoms with van der Waals surface area (Å²) in [6.07, 6.45) is 1.53. The van der Waals surface area contributed by atoms with Crippen LogP contribution in [-0.2, 0) is 0 Å². The third-order valence-corrected chi connectivity index (χ3v) is 4.46. The molecule has 0 saturated carbocycles. The van der Waals surface area contributed by atoms with E-state index in [1.807, 2.05) is 0 Å². The van der Waals surface area contributed by atoms with E-state index in [1.54, 1.807) is 31.2 Å². The second kappa shape index (κ2) is 6.74. The molecule has 1 heterocycles. The molecule has 1 amide bonds. The molecule has 2 aromatic carbocycles. The number of aromatic nitrogens is 1. The Morgan fingerprint density at radius 3 is 2.68 bits per heavy atom. The van der Waals surface area contributed by atoms with Crippen molar-refractivity contribution in [1.29, 1.82) is 0 Å². The molecule has 0 saturated heterocycles. The van der Waals surface area contributed by atoms with Crippen molar-refractivity contribution >= 4 is 45.7 Å². The summed E-state index contributed by atoms with van der Waals surface area (Å²) in [5.41, 5.74) is 1.63. The second-order valence-electron chi connectivity index (χ2n) is 5.55. The van der Waals surface area contributed by atoms with Gasteiger partial charge in [0.05, 0.1) is 16.5 Å². The minimum Gasteiger partial charge on any atom is -0.360 e. The highest BCUT2D eigenvalue weighted by Crippen LogP contribution is 2.27. The Bertz CT molecular complexity index is 984. The molecule has 0 aliphatic rings. The molecule has 0 aliphatic heterocycles. The predicted octanol–water partition coefficient (Wildman–Crippen LogP) is 4.87. The van der Waals surface area contributed by atoms with E-state index in [2.05, 4.69) is 10.3 Å². The van der Waals surface area contributed by atoms with Crippen LogP contribution in [0.15, 0.2) is 42.6 Å². The second-order valence-corrected chi connectivity index (χ2v) is 6.39. The number of hydrogen-bond acceptors (Lipinski definition) is 3. The predicted molar refractivity (Wildman–Crippen MR) is 97.3 cm³/mol. The zero-order valence-electron chi connectivity index (χ0n) is 13.0. The lowest BCUT2D eigenvalue weighted by molar-refractivity contribution is -0.384. The lowest BCUT2D eigenvalue weighted by Crippen LogP contribution is -2.26. The number of aromatic amines is 1. The van der Waals surface area contributed by atoms with E-state index in [9.17, 15) is 14.9 Å². The van der Waals surface area contributed by atoms with E-state index >= 15 is 0 Å². The van der Waals surface area contributed by atoms with Gasteiger partial charge in [0.15, 0.2) is 0 Å². The Balaban J connectivity index is 1.89. The van der Waals surface area contributed by atoms with Crippen molar-refractivity contribution in [3.05, 3.63) is 73.9 Å². The molecule has 0 aliphatic carbocycles. The Kier molecular flexibility index (Phi) is 4.65. The van der Waals surface area contributed by atoms with Crippen LogP contribution in [0.4, 0.5) is 5.69 Å². The van der Waals surface area contributed by atoms with Gasteiger partial charge >= 0.3 is 0 Å². The van der Waals surface area contributed by atoms with Crippen molar-refractivity contribution < 1.29 is 9.72 Å². The van der Waals surface area contributed by atoms with E-state index in [1.165, 1.54) is 18.3 Å². The third-order valence-electron chi connectivity index (χ3n) is 3.90. The summed E-state index contributed by atoms with van der Waals surface area (Å²) in [6.45, 7) is 1.80. The number of rotatable bonds is 4. The Morgan fingerprint density at radius 1 is 1.24 bits per heavy atom. The fourth-order valence-corrected chi connectivity index (χ4v) is 3.19. The molecular formula is C17H13Cl2N3O3. The number of nitrogens with zero attached hydrogens (tertiary/aromatic N) is 1. The van der Waals surface area contributed by atoms with Gasteiger partial charge in [-0.2, -0.15) is 0 Å². The maximum Gasteiger partial charge on any atom is 0.270 e. The molecule has 25 heavy (non-hydrogen) atoms. The number of halogens is 2. The van der Waals surface area contributed by atoms with Gasteiger partial charge in [0.1, 0.15) is 0 Å². The number of fused-ring (bicyclic) bond motifs is 1. The lowest BCUT2D eigenvalue weighted by atomic mass is 10.1. The number of hydrogen-bond donors (Lipinski definition) is 2. The summed E-state index contributed by atoms with van der Waals surface area (Å²) in [7, 11) is 0. The number of nitrogens with one attached hydrogen (secondary N) is 2. The largest absolute Gasteiger partial charge is 0.360 e. The highest BCUT2D eigenvalue weighted by Gasteiger charge is 2.18. The molecule has 2 N–H and O–H groups in total. The molecule has 0 bridgehead atoms. The molecule has 1 unspecified atom stereocenters. The maximum atomic E-state index is 12.6. The fraction of sp³-hybridized carbons (Fsp3) is 0.118. The van der Waals surface area contributed by atoms with Crippen LogP contribution in [0, 0.1) is 10.1 Å². The molecule has 8 heteroatoms. The smallest absolute Gasteiger partial charge is 0.270 e. The van der Waals surface area contributed by atoms with Crippen LogP contribution in [0.3, 0.4) is 0 Å². The van der Waals surface area contributed by atoms with Gasteiger partial charge < -0.3 is 10.3 Å².